The van der Waals surface area contributed by atoms with Gasteiger partial charge in [-0.3, -0.25) is 4.90 Å². The molecule has 0 amide bonds. The fourth-order valence-electron chi connectivity index (χ4n) is 2.76. The Balaban J connectivity index is 0.000000236. The van der Waals surface area contributed by atoms with Crippen molar-refractivity contribution in [2.75, 3.05) is 26.3 Å². The third-order valence-electron chi connectivity index (χ3n) is 3.88. The molecule has 2 unspecified atom stereocenters. The Morgan fingerprint density at radius 1 is 1.17 bits per heavy atom. The maximum atomic E-state index is 12.8. The summed E-state index contributed by atoms with van der Waals surface area (Å²) in [5.74, 6) is -1.47. The highest BCUT2D eigenvalue weighted by Crippen LogP contribution is 2.29. The SMILES string of the molecule is Fc1ccc(CN2CC3COCC3C2)cc1.O=C(O)C(F)(F)F. The zero-order valence-electron chi connectivity index (χ0n) is 12.2. The Bertz CT molecular complexity index is 521. The molecule has 1 aromatic rings. The van der Waals surface area contributed by atoms with E-state index in [1.807, 2.05) is 12.1 Å². The fourth-order valence-corrected chi connectivity index (χ4v) is 2.76. The predicted octanol–water partition coefficient (Wildman–Crippen LogP) is 2.54. The molecule has 0 aliphatic carbocycles. The molecule has 2 aliphatic heterocycles. The van der Waals surface area contributed by atoms with Gasteiger partial charge in [0.15, 0.2) is 0 Å². The highest BCUT2D eigenvalue weighted by atomic mass is 19.4. The smallest absolute Gasteiger partial charge is 0.475 e. The summed E-state index contributed by atoms with van der Waals surface area (Å²) < 4.78 is 49.9. The number of ether oxygens (including phenoxy) is 1. The van der Waals surface area contributed by atoms with E-state index >= 15 is 0 Å². The van der Waals surface area contributed by atoms with E-state index in [2.05, 4.69) is 4.90 Å². The van der Waals surface area contributed by atoms with Crippen LogP contribution in [0.5, 0.6) is 0 Å². The number of alkyl halides is 3. The molecule has 2 aliphatic rings. The summed E-state index contributed by atoms with van der Waals surface area (Å²) >= 11 is 0. The summed E-state index contributed by atoms with van der Waals surface area (Å²) in [7, 11) is 0. The van der Waals surface area contributed by atoms with E-state index in [1.165, 1.54) is 17.7 Å². The molecule has 0 radical (unpaired) electrons. The van der Waals surface area contributed by atoms with E-state index in [0.717, 1.165) is 44.7 Å². The molecule has 0 saturated carbocycles. The van der Waals surface area contributed by atoms with Crippen LogP contribution in [0.25, 0.3) is 0 Å². The van der Waals surface area contributed by atoms with Crippen molar-refractivity contribution in [3.63, 3.8) is 0 Å². The number of carboxylic acids is 1. The number of hydrogen-bond acceptors (Lipinski definition) is 3. The molecule has 2 saturated heterocycles. The lowest BCUT2D eigenvalue weighted by Gasteiger charge is -2.16. The molecule has 1 aromatic carbocycles. The van der Waals surface area contributed by atoms with Crippen LogP contribution in [0.15, 0.2) is 24.3 Å². The number of fused-ring (bicyclic) bond motifs is 1. The minimum Gasteiger partial charge on any atom is -0.475 e. The van der Waals surface area contributed by atoms with Crippen LogP contribution in [0.4, 0.5) is 17.6 Å². The molecule has 3 rings (SSSR count). The van der Waals surface area contributed by atoms with Gasteiger partial charge in [0, 0.05) is 31.5 Å². The molecule has 2 atom stereocenters. The number of nitrogens with zero attached hydrogens (tertiary/aromatic N) is 1. The molecular weight excluding hydrogens is 318 g/mol. The van der Waals surface area contributed by atoms with Crippen LogP contribution < -0.4 is 0 Å². The molecule has 0 bridgehead atoms. The molecule has 128 valence electrons. The van der Waals surface area contributed by atoms with Gasteiger partial charge in [-0.15, -0.1) is 0 Å². The molecule has 0 aromatic heterocycles. The van der Waals surface area contributed by atoms with E-state index in [4.69, 9.17) is 14.6 Å². The van der Waals surface area contributed by atoms with Gasteiger partial charge >= 0.3 is 12.1 Å². The van der Waals surface area contributed by atoms with Gasteiger partial charge in [-0.2, -0.15) is 13.2 Å². The first kappa shape index (κ1) is 17.7. The summed E-state index contributed by atoms with van der Waals surface area (Å²) in [4.78, 5) is 11.3. The van der Waals surface area contributed by atoms with Crippen LogP contribution in [0.1, 0.15) is 5.56 Å². The van der Waals surface area contributed by atoms with Crippen LogP contribution in [0.3, 0.4) is 0 Å². The molecule has 8 heteroatoms. The van der Waals surface area contributed by atoms with Crippen molar-refractivity contribution in [2.24, 2.45) is 11.8 Å². The number of rotatable bonds is 2. The molecule has 4 nitrogen and oxygen atoms in total. The fraction of sp³-hybridized carbons (Fsp3) is 0.533. The Labute approximate surface area is 130 Å². The van der Waals surface area contributed by atoms with E-state index in [-0.39, 0.29) is 5.82 Å². The van der Waals surface area contributed by atoms with Crippen LogP contribution in [0, 0.1) is 17.7 Å². The van der Waals surface area contributed by atoms with Crippen molar-refractivity contribution in [3.8, 4) is 0 Å². The summed E-state index contributed by atoms with van der Waals surface area (Å²) in [5, 5.41) is 7.12. The number of benzene rings is 1. The quantitative estimate of drug-likeness (QED) is 0.844. The number of carboxylic acid groups (broad SMARTS) is 1. The average Bonchev–Trinajstić information content (AvgIpc) is 3.02. The Morgan fingerprint density at radius 3 is 2.09 bits per heavy atom. The molecule has 23 heavy (non-hydrogen) atoms. The van der Waals surface area contributed by atoms with Gasteiger partial charge in [-0.25, -0.2) is 9.18 Å². The second-order valence-corrected chi connectivity index (χ2v) is 5.68. The number of hydrogen-bond donors (Lipinski definition) is 1. The van der Waals surface area contributed by atoms with E-state index < -0.39 is 12.1 Å². The van der Waals surface area contributed by atoms with Crippen LogP contribution in [-0.4, -0.2) is 48.5 Å². The van der Waals surface area contributed by atoms with Gasteiger partial charge < -0.3 is 9.84 Å². The van der Waals surface area contributed by atoms with Gasteiger partial charge in [0.05, 0.1) is 13.2 Å². The van der Waals surface area contributed by atoms with Gasteiger partial charge in [0.1, 0.15) is 5.82 Å². The summed E-state index contributed by atoms with van der Waals surface area (Å²) in [6.45, 7) is 5.03. The zero-order valence-corrected chi connectivity index (χ0v) is 12.2. The Morgan fingerprint density at radius 2 is 1.65 bits per heavy atom. The average molecular weight is 335 g/mol. The van der Waals surface area contributed by atoms with Gasteiger partial charge in [-0.05, 0) is 17.7 Å². The normalized spacial score (nSPS) is 24.0. The second kappa shape index (κ2) is 7.27. The maximum Gasteiger partial charge on any atom is 0.490 e. The third kappa shape index (κ3) is 5.18. The molecule has 2 fully saturated rings. The van der Waals surface area contributed by atoms with E-state index in [9.17, 15) is 17.6 Å². The number of likely N-dealkylation sites (tertiary alicyclic amines) is 1. The third-order valence-corrected chi connectivity index (χ3v) is 3.88. The lowest BCUT2D eigenvalue weighted by atomic mass is 10.0. The first-order valence-electron chi connectivity index (χ1n) is 7.10. The second-order valence-electron chi connectivity index (χ2n) is 5.68. The van der Waals surface area contributed by atoms with Gasteiger partial charge in [-0.1, -0.05) is 12.1 Å². The van der Waals surface area contributed by atoms with Gasteiger partial charge in [0.2, 0.25) is 0 Å². The lowest BCUT2D eigenvalue weighted by Crippen LogP contribution is -2.22. The van der Waals surface area contributed by atoms with Crippen molar-refractivity contribution >= 4 is 5.97 Å². The highest BCUT2D eigenvalue weighted by molar-refractivity contribution is 5.73. The summed E-state index contributed by atoms with van der Waals surface area (Å²) in [6, 6.07) is 6.82. The first-order chi connectivity index (χ1) is 10.8. The van der Waals surface area contributed by atoms with Crippen LogP contribution in [0.2, 0.25) is 0 Å². The minimum absolute atomic E-state index is 0.157. The molecule has 1 N–H and O–H groups in total. The highest BCUT2D eigenvalue weighted by Gasteiger charge is 2.38. The molecular formula is C15H17F4NO3. The van der Waals surface area contributed by atoms with Crippen molar-refractivity contribution in [1.82, 2.24) is 4.90 Å². The minimum atomic E-state index is -5.08. The summed E-state index contributed by atoms with van der Waals surface area (Å²) in [6.07, 6.45) is -5.08. The lowest BCUT2D eigenvalue weighted by molar-refractivity contribution is -0.192. The first-order valence-corrected chi connectivity index (χ1v) is 7.10. The number of halogens is 4. The molecule has 0 spiro atoms. The monoisotopic (exact) mass is 335 g/mol. The standard InChI is InChI=1S/C13H16FNO.C2HF3O2/c14-13-3-1-10(2-4-13)5-15-6-11-8-16-9-12(11)7-15;3-2(4,5)1(6)7/h1-4,11-12H,5-9H2;(H,6,7). The van der Waals surface area contributed by atoms with Crippen LogP contribution in [-0.2, 0) is 16.1 Å². The van der Waals surface area contributed by atoms with Gasteiger partial charge in [0.25, 0.3) is 0 Å². The molecule has 2 heterocycles. The van der Waals surface area contributed by atoms with E-state index in [1.54, 1.807) is 0 Å². The van der Waals surface area contributed by atoms with Crippen molar-refractivity contribution < 1.29 is 32.2 Å². The number of aliphatic carboxylic acids is 1. The Kier molecular flexibility index (Phi) is 5.59. The van der Waals surface area contributed by atoms with Crippen molar-refractivity contribution in [1.29, 1.82) is 0 Å². The van der Waals surface area contributed by atoms with Crippen LogP contribution >= 0.6 is 0 Å². The number of carbonyl (C=O) groups is 1. The summed E-state index contributed by atoms with van der Waals surface area (Å²) in [5.41, 5.74) is 1.20. The predicted molar refractivity (Wildman–Crippen MR) is 73.2 cm³/mol. The maximum absolute atomic E-state index is 12.8. The zero-order chi connectivity index (χ0) is 17.0. The Hall–Kier alpha value is -1.67. The van der Waals surface area contributed by atoms with Crippen molar-refractivity contribution in [2.45, 2.75) is 12.7 Å². The largest absolute Gasteiger partial charge is 0.490 e. The van der Waals surface area contributed by atoms with Crippen molar-refractivity contribution in [3.05, 3.63) is 35.6 Å². The van der Waals surface area contributed by atoms with E-state index in [0.29, 0.717) is 0 Å². The topological polar surface area (TPSA) is 49.8 Å².